The number of amides is 1. The molecule has 1 aliphatic rings. The summed E-state index contributed by atoms with van der Waals surface area (Å²) in [6.07, 6.45) is 4.79. The predicted octanol–water partition coefficient (Wildman–Crippen LogP) is 3.41. The number of nitrogen functional groups attached to an aromatic ring is 1. The number of nitrogens with two attached hydrogens (primary N) is 1. The molecule has 1 aliphatic heterocycles. The summed E-state index contributed by atoms with van der Waals surface area (Å²) in [5.41, 5.74) is 7.78. The third-order valence-electron chi connectivity index (χ3n) is 4.14. The number of anilines is 1. The topological polar surface area (TPSA) is 46.3 Å². The van der Waals surface area contributed by atoms with Gasteiger partial charge in [-0.3, -0.25) is 4.79 Å². The third kappa shape index (κ3) is 3.89. The van der Waals surface area contributed by atoms with Gasteiger partial charge in [0.25, 0.3) is 0 Å². The van der Waals surface area contributed by atoms with Gasteiger partial charge in [0, 0.05) is 24.2 Å². The molecule has 1 aromatic carbocycles. The van der Waals surface area contributed by atoms with E-state index in [-0.39, 0.29) is 18.3 Å². The summed E-state index contributed by atoms with van der Waals surface area (Å²) in [5.74, 6) is 0.267. The average molecular weight is 297 g/mol. The lowest BCUT2D eigenvalue weighted by Gasteiger charge is -2.39. The maximum Gasteiger partial charge on any atom is 0.223 e. The second-order valence-electron chi connectivity index (χ2n) is 5.63. The number of nitrogens with zero attached hydrogens (tertiary/aromatic N) is 1. The van der Waals surface area contributed by atoms with E-state index in [9.17, 15) is 4.79 Å². The zero-order valence-electron chi connectivity index (χ0n) is 12.3. The van der Waals surface area contributed by atoms with Crippen LogP contribution in [0.3, 0.4) is 0 Å². The highest BCUT2D eigenvalue weighted by molar-refractivity contribution is 5.85. The van der Waals surface area contributed by atoms with Crippen LogP contribution in [0, 0.1) is 0 Å². The number of para-hydroxylation sites is 1. The summed E-state index contributed by atoms with van der Waals surface area (Å²) in [7, 11) is 0. The molecule has 0 aromatic heterocycles. The van der Waals surface area contributed by atoms with Gasteiger partial charge in [0.2, 0.25) is 5.91 Å². The van der Waals surface area contributed by atoms with Crippen molar-refractivity contribution in [3.63, 3.8) is 0 Å². The lowest BCUT2D eigenvalue weighted by molar-refractivity contribution is -0.137. The summed E-state index contributed by atoms with van der Waals surface area (Å²) >= 11 is 0. The molecule has 4 heteroatoms. The molecule has 20 heavy (non-hydrogen) atoms. The van der Waals surface area contributed by atoms with Crippen LogP contribution in [-0.4, -0.2) is 22.9 Å². The van der Waals surface area contributed by atoms with E-state index >= 15 is 0 Å². The number of hydrogen-bond acceptors (Lipinski definition) is 2. The van der Waals surface area contributed by atoms with E-state index in [1.165, 1.54) is 6.42 Å². The summed E-state index contributed by atoms with van der Waals surface area (Å²) in [4.78, 5) is 14.5. The van der Waals surface area contributed by atoms with Crippen molar-refractivity contribution >= 4 is 24.0 Å². The van der Waals surface area contributed by atoms with Crippen LogP contribution in [0.4, 0.5) is 5.69 Å². The molecule has 2 rings (SSSR count). The average Bonchev–Trinajstić information content (AvgIpc) is 2.37. The molecule has 3 nitrogen and oxygen atoms in total. The number of piperidine rings is 1. The number of hydrogen-bond donors (Lipinski definition) is 1. The van der Waals surface area contributed by atoms with Crippen LogP contribution in [-0.2, 0) is 11.2 Å². The van der Waals surface area contributed by atoms with Gasteiger partial charge in [-0.25, -0.2) is 0 Å². The third-order valence-corrected chi connectivity index (χ3v) is 4.14. The van der Waals surface area contributed by atoms with Crippen molar-refractivity contribution in [1.82, 2.24) is 4.90 Å². The summed E-state index contributed by atoms with van der Waals surface area (Å²) < 4.78 is 0. The fraction of sp³-hybridized carbons (Fsp3) is 0.562. The van der Waals surface area contributed by atoms with Crippen LogP contribution in [0.15, 0.2) is 24.3 Å². The molecule has 0 spiro atoms. The summed E-state index contributed by atoms with van der Waals surface area (Å²) in [6.45, 7) is 4.31. The van der Waals surface area contributed by atoms with Crippen LogP contribution in [0.1, 0.15) is 45.1 Å². The minimum Gasteiger partial charge on any atom is -0.399 e. The SMILES string of the molecule is CC1CCCC(C)N1C(=O)CCc1ccccc1N.Cl. The van der Waals surface area contributed by atoms with E-state index < -0.39 is 0 Å². The van der Waals surface area contributed by atoms with Crippen LogP contribution in [0.25, 0.3) is 0 Å². The molecule has 1 heterocycles. The number of aryl methyl sites for hydroxylation is 1. The zero-order chi connectivity index (χ0) is 13.8. The van der Waals surface area contributed by atoms with Crippen molar-refractivity contribution in [2.75, 3.05) is 5.73 Å². The Balaban J connectivity index is 0.00000200. The first kappa shape index (κ1) is 16.8. The van der Waals surface area contributed by atoms with Crippen LogP contribution < -0.4 is 5.73 Å². The monoisotopic (exact) mass is 296 g/mol. The van der Waals surface area contributed by atoms with Gasteiger partial charge in [-0.15, -0.1) is 12.4 Å². The van der Waals surface area contributed by atoms with Gasteiger partial charge in [-0.1, -0.05) is 18.2 Å². The molecule has 112 valence electrons. The van der Waals surface area contributed by atoms with Crippen LogP contribution >= 0.6 is 12.4 Å². The lowest BCUT2D eigenvalue weighted by atomic mass is 9.96. The number of likely N-dealkylation sites (tertiary alicyclic amines) is 1. The van der Waals surface area contributed by atoms with Crippen molar-refractivity contribution in [3.05, 3.63) is 29.8 Å². The quantitative estimate of drug-likeness (QED) is 0.869. The lowest BCUT2D eigenvalue weighted by Crippen LogP contribution is -2.47. The minimum absolute atomic E-state index is 0. The Kier molecular flexibility index (Phi) is 6.34. The Morgan fingerprint density at radius 2 is 1.85 bits per heavy atom. The van der Waals surface area contributed by atoms with Gasteiger partial charge in [0.05, 0.1) is 0 Å². The van der Waals surface area contributed by atoms with E-state index in [0.29, 0.717) is 18.5 Å². The molecule has 1 aromatic rings. The van der Waals surface area contributed by atoms with Crippen molar-refractivity contribution in [3.8, 4) is 0 Å². The highest BCUT2D eigenvalue weighted by Crippen LogP contribution is 2.24. The van der Waals surface area contributed by atoms with Crippen molar-refractivity contribution < 1.29 is 4.79 Å². The first-order valence-corrected chi connectivity index (χ1v) is 7.24. The van der Waals surface area contributed by atoms with E-state index in [4.69, 9.17) is 5.73 Å². The number of halogens is 1. The maximum absolute atomic E-state index is 12.4. The number of carbonyl (C=O) groups excluding carboxylic acids is 1. The fourth-order valence-electron chi connectivity index (χ4n) is 3.05. The molecular weight excluding hydrogens is 272 g/mol. The molecule has 0 radical (unpaired) electrons. The van der Waals surface area contributed by atoms with Crippen LogP contribution in [0.5, 0.6) is 0 Å². The van der Waals surface area contributed by atoms with Gasteiger partial charge in [0.1, 0.15) is 0 Å². The predicted molar refractivity (Wildman–Crippen MR) is 86.0 cm³/mol. The molecule has 2 unspecified atom stereocenters. The van der Waals surface area contributed by atoms with Gasteiger partial charge >= 0.3 is 0 Å². The van der Waals surface area contributed by atoms with E-state index in [1.807, 2.05) is 24.3 Å². The Morgan fingerprint density at radius 3 is 2.45 bits per heavy atom. The van der Waals surface area contributed by atoms with Crippen LogP contribution in [0.2, 0.25) is 0 Å². The molecule has 2 atom stereocenters. The number of benzene rings is 1. The molecule has 0 bridgehead atoms. The summed E-state index contributed by atoms with van der Waals surface area (Å²) in [5, 5.41) is 0. The Bertz CT molecular complexity index is 440. The molecule has 0 saturated carbocycles. The van der Waals surface area contributed by atoms with Gasteiger partial charge in [-0.2, -0.15) is 0 Å². The maximum atomic E-state index is 12.4. The molecule has 2 N–H and O–H groups in total. The van der Waals surface area contributed by atoms with Crippen molar-refractivity contribution in [2.45, 2.75) is 58.0 Å². The number of carbonyl (C=O) groups is 1. The van der Waals surface area contributed by atoms with E-state index in [0.717, 1.165) is 30.5 Å². The molecule has 1 amide bonds. The minimum atomic E-state index is 0. The van der Waals surface area contributed by atoms with E-state index in [2.05, 4.69) is 18.7 Å². The van der Waals surface area contributed by atoms with E-state index in [1.54, 1.807) is 0 Å². The van der Waals surface area contributed by atoms with Crippen molar-refractivity contribution in [1.29, 1.82) is 0 Å². The second-order valence-corrected chi connectivity index (χ2v) is 5.63. The second kappa shape index (κ2) is 7.53. The zero-order valence-corrected chi connectivity index (χ0v) is 13.2. The summed E-state index contributed by atoms with van der Waals surface area (Å²) in [6, 6.07) is 8.56. The Morgan fingerprint density at radius 1 is 1.25 bits per heavy atom. The van der Waals surface area contributed by atoms with Gasteiger partial charge in [-0.05, 0) is 51.2 Å². The Hall–Kier alpha value is -1.22. The molecule has 1 fully saturated rings. The number of rotatable bonds is 3. The Labute approximate surface area is 127 Å². The van der Waals surface area contributed by atoms with Gasteiger partial charge in [0.15, 0.2) is 0 Å². The smallest absolute Gasteiger partial charge is 0.223 e. The highest BCUT2D eigenvalue weighted by atomic mass is 35.5. The first-order valence-electron chi connectivity index (χ1n) is 7.24. The largest absolute Gasteiger partial charge is 0.399 e. The fourth-order valence-corrected chi connectivity index (χ4v) is 3.05. The molecule has 1 saturated heterocycles. The van der Waals surface area contributed by atoms with Crippen molar-refractivity contribution in [2.24, 2.45) is 0 Å². The molecule has 0 aliphatic carbocycles. The first-order chi connectivity index (χ1) is 9.09. The standard InChI is InChI=1S/C16H24N2O.ClH/c1-12-6-5-7-13(2)18(12)16(19)11-10-14-8-3-4-9-15(14)17;/h3-4,8-9,12-13H,5-7,10-11,17H2,1-2H3;1H. The normalized spacial score (nSPS) is 22.2. The van der Waals surface area contributed by atoms with Gasteiger partial charge < -0.3 is 10.6 Å². The highest BCUT2D eigenvalue weighted by Gasteiger charge is 2.28. The molecular formula is C16H25ClN2O.